The van der Waals surface area contributed by atoms with Gasteiger partial charge in [0, 0.05) is 11.0 Å². The smallest absolute Gasteiger partial charge is 0.295 e. The average molecular weight is 538 g/mol. The first-order valence-corrected chi connectivity index (χ1v) is 12.5. The van der Waals surface area contributed by atoms with E-state index < -0.39 is 42.5 Å². The van der Waals surface area contributed by atoms with Crippen molar-refractivity contribution in [3.05, 3.63) is 29.3 Å². The van der Waals surface area contributed by atoms with Crippen LogP contribution in [0.25, 0.3) is 6.08 Å². The van der Waals surface area contributed by atoms with Gasteiger partial charge in [-0.3, -0.25) is 9.59 Å². The SMILES string of the molecule is C/C(=C\c1ccc(OCC(C)(C)C(C)(C)C)c(OCOC=O)c1)C(=O)N[C@@H]1[C@H](O)[C@@H](O)[C@H]2OCO[C@H]2[C@@H]1O. The average Bonchev–Trinajstić information content (AvgIpc) is 3.34. The van der Waals surface area contributed by atoms with Crippen molar-refractivity contribution in [2.24, 2.45) is 10.8 Å². The minimum absolute atomic E-state index is 0.0187. The van der Waals surface area contributed by atoms with Crippen molar-refractivity contribution >= 4 is 18.5 Å². The number of amides is 1. The molecule has 1 saturated carbocycles. The molecule has 11 nitrogen and oxygen atoms in total. The molecule has 1 aromatic carbocycles. The Kier molecular flexibility index (Phi) is 9.43. The second kappa shape index (κ2) is 12.0. The van der Waals surface area contributed by atoms with Crippen LogP contribution in [0.4, 0.5) is 0 Å². The lowest BCUT2D eigenvalue weighted by Crippen LogP contribution is -2.67. The van der Waals surface area contributed by atoms with Crippen LogP contribution >= 0.6 is 0 Å². The number of aliphatic hydroxyl groups is 3. The molecule has 0 unspecified atom stereocenters. The first kappa shape index (κ1) is 29.9. The van der Waals surface area contributed by atoms with Gasteiger partial charge in [-0.2, -0.15) is 0 Å². The molecule has 0 radical (unpaired) electrons. The van der Waals surface area contributed by atoms with Crippen molar-refractivity contribution in [1.29, 1.82) is 0 Å². The van der Waals surface area contributed by atoms with Gasteiger partial charge in [-0.15, -0.1) is 0 Å². The second-order valence-corrected chi connectivity index (χ2v) is 11.3. The van der Waals surface area contributed by atoms with E-state index in [1.165, 1.54) is 0 Å². The number of hydrogen-bond donors (Lipinski definition) is 4. The topological polar surface area (TPSA) is 153 Å². The number of rotatable bonds is 10. The van der Waals surface area contributed by atoms with Gasteiger partial charge in [-0.1, -0.05) is 40.7 Å². The molecule has 1 heterocycles. The quantitative estimate of drug-likeness (QED) is 0.149. The Morgan fingerprint density at radius 1 is 1.03 bits per heavy atom. The summed E-state index contributed by atoms with van der Waals surface area (Å²) in [5, 5.41) is 34.0. The molecular weight excluding hydrogens is 498 g/mol. The van der Waals surface area contributed by atoms with Gasteiger partial charge in [0.25, 0.3) is 6.47 Å². The second-order valence-electron chi connectivity index (χ2n) is 11.3. The molecule has 38 heavy (non-hydrogen) atoms. The van der Waals surface area contributed by atoms with Crippen LogP contribution < -0.4 is 14.8 Å². The zero-order valence-electron chi connectivity index (χ0n) is 22.7. The number of benzene rings is 1. The van der Waals surface area contributed by atoms with Crippen LogP contribution in [-0.2, 0) is 23.8 Å². The highest BCUT2D eigenvalue weighted by Crippen LogP contribution is 2.39. The molecule has 3 rings (SSSR count). The van der Waals surface area contributed by atoms with E-state index in [-0.39, 0.29) is 36.5 Å². The molecule has 1 aromatic rings. The van der Waals surface area contributed by atoms with Gasteiger partial charge in [0.05, 0.1) is 12.6 Å². The van der Waals surface area contributed by atoms with Gasteiger partial charge in [0.2, 0.25) is 12.7 Å². The number of carbonyl (C=O) groups is 2. The highest BCUT2D eigenvalue weighted by Gasteiger charge is 2.53. The zero-order valence-corrected chi connectivity index (χ0v) is 22.7. The molecule has 2 aliphatic rings. The number of aliphatic hydroxyl groups excluding tert-OH is 3. The van der Waals surface area contributed by atoms with Crippen molar-refractivity contribution < 1.29 is 48.6 Å². The van der Waals surface area contributed by atoms with Gasteiger partial charge in [0.15, 0.2) is 11.5 Å². The Bertz CT molecular complexity index is 1020. The van der Waals surface area contributed by atoms with Gasteiger partial charge in [-0.25, -0.2) is 0 Å². The summed E-state index contributed by atoms with van der Waals surface area (Å²) < 4.78 is 26.9. The maximum atomic E-state index is 12.9. The molecule has 11 heteroatoms. The lowest BCUT2D eigenvalue weighted by Gasteiger charge is -2.41. The van der Waals surface area contributed by atoms with E-state index >= 15 is 0 Å². The minimum atomic E-state index is -1.45. The van der Waals surface area contributed by atoms with Crippen molar-refractivity contribution in [3.8, 4) is 11.5 Å². The van der Waals surface area contributed by atoms with Crippen molar-refractivity contribution in [1.82, 2.24) is 5.32 Å². The standard InChI is InChI=1S/C27H39NO10/c1-15(25(33)28-19-20(30)22(32)24-23(21(19)31)37-14-38-24)9-16-7-8-17(18(10-16)36-13-34-12-29)35-11-27(5,6)26(2,3)4/h7-10,12,19-24,30-32H,11,13-14H2,1-6H3,(H,28,33)/b15-9+/t19-,20+,21-,22-,23+,24-/m1/s1. The molecule has 1 aliphatic carbocycles. The summed E-state index contributed by atoms with van der Waals surface area (Å²) in [7, 11) is 0. The highest BCUT2D eigenvalue weighted by atomic mass is 16.7. The fraction of sp³-hybridized carbons (Fsp3) is 0.630. The summed E-state index contributed by atoms with van der Waals surface area (Å²) in [4.78, 5) is 23.5. The first-order valence-electron chi connectivity index (χ1n) is 12.5. The van der Waals surface area contributed by atoms with Gasteiger partial charge >= 0.3 is 0 Å². The fourth-order valence-electron chi connectivity index (χ4n) is 3.98. The van der Waals surface area contributed by atoms with Crippen LogP contribution in [0, 0.1) is 10.8 Å². The van der Waals surface area contributed by atoms with Gasteiger partial charge in [-0.05, 0) is 36.1 Å². The minimum Gasteiger partial charge on any atom is -0.489 e. The van der Waals surface area contributed by atoms with E-state index in [0.29, 0.717) is 23.7 Å². The predicted octanol–water partition coefficient (Wildman–Crippen LogP) is 1.37. The van der Waals surface area contributed by atoms with E-state index in [2.05, 4.69) is 44.7 Å². The maximum Gasteiger partial charge on any atom is 0.295 e. The Balaban J connectivity index is 1.75. The lowest BCUT2D eigenvalue weighted by atomic mass is 9.70. The summed E-state index contributed by atoms with van der Waals surface area (Å²) in [6, 6.07) is 3.93. The summed E-state index contributed by atoms with van der Waals surface area (Å²) in [6.07, 6.45) is -4.21. The molecule has 6 atom stereocenters. The molecule has 4 N–H and O–H groups in total. The predicted molar refractivity (Wildman–Crippen MR) is 136 cm³/mol. The highest BCUT2D eigenvalue weighted by molar-refractivity contribution is 5.97. The third-order valence-electron chi connectivity index (χ3n) is 7.58. The fourth-order valence-corrected chi connectivity index (χ4v) is 3.98. The van der Waals surface area contributed by atoms with E-state index in [0.717, 1.165) is 0 Å². The summed E-state index contributed by atoms with van der Waals surface area (Å²) in [6.45, 7) is 12.4. The molecule has 0 spiro atoms. The number of ether oxygens (including phenoxy) is 5. The molecule has 212 valence electrons. The molecule has 1 saturated heterocycles. The summed E-state index contributed by atoms with van der Waals surface area (Å²) >= 11 is 0. The number of nitrogens with one attached hydrogen (secondary N) is 1. The van der Waals surface area contributed by atoms with Crippen molar-refractivity contribution in [3.63, 3.8) is 0 Å². The Morgan fingerprint density at radius 2 is 1.68 bits per heavy atom. The van der Waals surface area contributed by atoms with E-state index in [1.807, 2.05) is 0 Å². The van der Waals surface area contributed by atoms with Gasteiger partial charge in [0.1, 0.15) is 37.3 Å². The molecule has 1 aliphatic heterocycles. The third-order valence-corrected chi connectivity index (χ3v) is 7.58. The lowest BCUT2D eigenvalue weighted by molar-refractivity contribution is -0.155. The summed E-state index contributed by atoms with van der Waals surface area (Å²) in [5.74, 6) is 0.215. The number of fused-ring (bicyclic) bond motifs is 1. The Labute approximate surface area is 222 Å². The van der Waals surface area contributed by atoms with E-state index in [9.17, 15) is 24.9 Å². The number of hydrogen-bond acceptors (Lipinski definition) is 10. The third kappa shape index (κ3) is 6.65. The zero-order chi connectivity index (χ0) is 28.3. The molecule has 2 fully saturated rings. The number of carbonyl (C=O) groups excluding carboxylic acids is 2. The molecule has 0 bridgehead atoms. The Morgan fingerprint density at radius 3 is 2.32 bits per heavy atom. The Hall–Kier alpha value is -2.70. The molecule has 1 amide bonds. The first-order chi connectivity index (χ1) is 17.8. The normalized spacial score (nSPS) is 27.9. The van der Waals surface area contributed by atoms with Crippen LogP contribution in [0.1, 0.15) is 47.1 Å². The van der Waals surface area contributed by atoms with E-state index in [4.69, 9.17) is 18.9 Å². The van der Waals surface area contributed by atoms with Crippen molar-refractivity contribution in [2.75, 3.05) is 20.2 Å². The van der Waals surface area contributed by atoms with E-state index in [1.54, 1.807) is 31.2 Å². The van der Waals surface area contributed by atoms with Crippen LogP contribution in [0.5, 0.6) is 11.5 Å². The van der Waals surface area contributed by atoms with Crippen LogP contribution in [-0.4, -0.2) is 84.5 Å². The van der Waals surface area contributed by atoms with Gasteiger partial charge < -0.3 is 44.3 Å². The maximum absolute atomic E-state index is 12.9. The van der Waals surface area contributed by atoms with Crippen LogP contribution in [0.3, 0.4) is 0 Å². The molecule has 0 aromatic heterocycles. The monoisotopic (exact) mass is 537 g/mol. The largest absolute Gasteiger partial charge is 0.489 e. The van der Waals surface area contributed by atoms with Crippen LogP contribution in [0.15, 0.2) is 23.8 Å². The summed E-state index contributed by atoms with van der Waals surface area (Å²) in [5.41, 5.74) is 0.685. The van der Waals surface area contributed by atoms with Crippen LogP contribution in [0.2, 0.25) is 0 Å². The van der Waals surface area contributed by atoms with Crippen molar-refractivity contribution in [2.45, 2.75) is 78.1 Å². The molecular formula is C27H39NO10.